The minimum absolute atomic E-state index is 0.197. The third kappa shape index (κ3) is 4.04. The van der Waals surface area contributed by atoms with Crippen molar-refractivity contribution in [1.82, 2.24) is 19.8 Å². The number of likely N-dealkylation sites (N-methyl/N-ethyl adjacent to an activating group) is 1. The van der Waals surface area contributed by atoms with Crippen molar-refractivity contribution in [3.8, 4) is 11.4 Å². The number of hydrogen-bond donors (Lipinski definition) is 2. The Morgan fingerprint density at radius 1 is 1.13 bits per heavy atom. The van der Waals surface area contributed by atoms with E-state index in [2.05, 4.69) is 20.5 Å². The number of carbonyl (C=O) groups is 2. The minimum atomic E-state index is -0.504. The van der Waals surface area contributed by atoms with Gasteiger partial charge >= 0.3 is 0 Å². The van der Waals surface area contributed by atoms with Crippen LogP contribution >= 0.6 is 11.6 Å². The highest BCUT2D eigenvalue weighted by molar-refractivity contribution is 6.30. The maximum atomic E-state index is 14.6. The fraction of sp³-hybridized carbons (Fsp3) is 0.227. The third-order valence-electron chi connectivity index (χ3n) is 5.23. The summed E-state index contributed by atoms with van der Waals surface area (Å²) >= 11 is 5.89. The van der Waals surface area contributed by atoms with Crippen molar-refractivity contribution in [1.29, 1.82) is 0 Å². The molecule has 0 fully saturated rings. The second kappa shape index (κ2) is 8.49. The van der Waals surface area contributed by atoms with Crippen molar-refractivity contribution in [2.24, 2.45) is 0 Å². The zero-order valence-corrected chi connectivity index (χ0v) is 17.8. The number of nitrogens with zero attached hydrogens (tertiary/aromatic N) is 3. The van der Waals surface area contributed by atoms with Crippen LogP contribution in [0.4, 0.5) is 10.1 Å². The number of anilines is 1. The van der Waals surface area contributed by atoms with E-state index in [0.29, 0.717) is 35.9 Å². The maximum Gasteiger partial charge on any atom is 0.276 e. The van der Waals surface area contributed by atoms with Crippen molar-refractivity contribution in [3.63, 3.8) is 0 Å². The summed E-state index contributed by atoms with van der Waals surface area (Å²) in [5.41, 5.74) is 1.88. The molecule has 2 N–H and O–H groups in total. The van der Waals surface area contributed by atoms with Gasteiger partial charge in [0.05, 0.1) is 22.5 Å². The molecule has 0 atom stereocenters. The van der Waals surface area contributed by atoms with E-state index in [-0.39, 0.29) is 22.2 Å². The number of aromatic nitrogens is 2. The maximum absolute atomic E-state index is 14.6. The summed E-state index contributed by atoms with van der Waals surface area (Å²) in [4.78, 5) is 31.9. The Morgan fingerprint density at radius 2 is 1.90 bits per heavy atom. The lowest BCUT2D eigenvalue weighted by molar-refractivity contribution is 0.0964. The number of benzene rings is 2. The van der Waals surface area contributed by atoms with Crippen LogP contribution in [0, 0.1) is 5.82 Å². The first kappa shape index (κ1) is 21.0. The van der Waals surface area contributed by atoms with Crippen LogP contribution < -0.4 is 10.6 Å². The van der Waals surface area contributed by atoms with Gasteiger partial charge in [0.15, 0.2) is 5.69 Å². The highest BCUT2D eigenvalue weighted by atomic mass is 35.5. The molecule has 4 rings (SSSR count). The van der Waals surface area contributed by atoms with E-state index in [1.807, 2.05) is 11.6 Å². The molecule has 1 aromatic heterocycles. The zero-order valence-electron chi connectivity index (χ0n) is 17.1. The summed E-state index contributed by atoms with van der Waals surface area (Å²) < 4.78 is 16.5. The molecule has 31 heavy (non-hydrogen) atoms. The second-order valence-electron chi connectivity index (χ2n) is 7.32. The van der Waals surface area contributed by atoms with Gasteiger partial charge in [0, 0.05) is 31.7 Å². The van der Waals surface area contributed by atoms with Crippen molar-refractivity contribution < 1.29 is 14.0 Å². The fourth-order valence-corrected chi connectivity index (χ4v) is 3.82. The number of halogens is 2. The van der Waals surface area contributed by atoms with Crippen LogP contribution in [0.1, 0.15) is 26.5 Å². The Labute approximate surface area is 183 Å². The molecular weight excluding hydrogens is 421 g/mol. The normalized spacial score (nSPS) is 13.5. The first-order valence-corrected chi connectivity index (χ1v) is 10.1. The van der Waals surface area contributed by atoms with Crippen LogP contribution in [0.3, 0.4) is 0 Å². The molecule has 2 amide bonds. The smallest absolute Gasteiger partial charge is 0.276 e. The van der Waals surface area contributed by atoms with Gasteiger partial charge in [-0.15, -0.1) is 0 Å². The topological polar surface area (TPSA) is 79.3 Å². The highest BCUT2D eigenvalue weighted by Crippen LogP contribution is 2.30. The van der Waals surface area contributed by atoms with Gasteiger partial charge in [-0.25, -0.2) is 9.37 Å². The summed E-state index contributed by atoms with van der Waals surface area (Å²) in [6.45, 7) is 1.80. The Hall–Kier alpha value is -3.23. The van der Waals surface area contributed by atoms with Crippen LogP contribution in [0.5, 0.6) is 0 Å². The van der Waals surface area contributed by atoms with Gasteiger partial charge in [-0.1, -0.05) is 23.7 Å². The average molecular weight is 442 g/mol. The van der Waals surface area contributed by atoms with Crippen molar-refractivity contribution in [3.05, 3.63) is 70.3 Å². The molecule has 0 bridgehead atoms. The SMILES string of the molecule is CNC(=O)c1ccccc1NC(=O)c1nc(-c2ccc(Cl)cc2F)n2c1CN(C)CC2. The molecule has 2 heterocycles. The van der Waals surface area contributed by atoms with E-state index in [4.69, 9.17) is 11.6 Å². The molecule has 1 aliphatic heterocycles. The van der Waals surface area contributed by atoms with E-state index in [0.717, 1.165) is 6.54 Å². The molecule has 3 aromatic rings. The second-order valence-corrected chi connectivity index (χ2v) is 7.76. The monoisotopic (exact) mass is 441 g/mol. The molecule has 2 aromatic carbocycles. The van der Waals surface area contributed by atoms with Gasteiger partial charge in [-0.3, -0.25) is 14.5 Å². The Morgan fingerprint density at radius 3 is 2.65 bits per heavy atom. The molecule has 0 aliphatic carbocycles. The summed E-state index contributed by atoms with van der Waals surface area (Å²) in [7, 11) is 3.47. The fourth-order valence-electron chi connectivity index (χ4n) is 3.66. The number of rotatable bonds is 4. The standard InChI is InChI=1S/C22H21ClFN5O2/c1-25-21(30)15-5-3-4-6-17(15)26-22(31)19-18-12-28(2)9-10-29(18)20(27-19)14-8-7-13(23)11-16(14)24/h3-8,11H,9-10,12H2,1-2H3,(H,25,30)(H,26,31). The van der Waals surface area contributed by atoms with Crippen molar-refractivity contribution in [2.75, 3.05) is 26.0 Å². The number of amides is 2. The lowest BCUT2D eigenvalue weighted by Crippen LogP contribution is -2.32. The summed E-state index contributed by atoms with van der Waals surface area (Å²) in [6.07, 6.45) is 0. The lowest BCUT2D eigenvalue weighted by Gasteiger charge is -2.25. The molecule has 0 radical (unpaired) electrons. The van der Waals surface area contributed by atoms with Gasteiger partial charge in [-0.05, 0) is 37.4 Å². The summed E-state index contributed by atoms with van der Waals surface area (Å²) in [5.74, 6) is -0.902. The van der Waals surface area contributed by atoms with E-state index in [9.17, 15) is 14.0 Å². The van der Waals surface area contributed by atoms with E-state index < -0.39 is 11.7 Å². The molecule has 1 aliphatic rings. The molecule has 160 valence electrons. The Kier molecular flexibility index (Phi) is 5.75. The quantitative estimate of drug-likeness (QED) is 0.650. The van der Waals surface area contributed by atoms with Crippen molar-refractivity contribution >= 4 is 29.1 Å². The molecule has 0 saturated carbocycles. The van der Waals surface area contributed by atoms with E-state index >= 15 is 0 Å². The first-order chi connectivity index (χ1) is 14.9. The predicted octanol–water partition coefficient (Wildman–Crippen LogP) is 3.40. The van der Waals surface area contributed by atoms with Gasteiger partial charge < -0.3 is 15.2 Å². The molecular formula is C22H21ClFN5O2. The number of imidazole rings is 1. The molecule has 0 spiro atoms. The van der Waals surface area contributed by atoms with Crippen LogP contribution in [0.15, 0.2) is 42.5 Å². The molecule has 7 nitrogen and oxygen atoms in total. The van der Waals surface area contributed by atoms with Gasteiger partial charge in [0.25, 0.3) is 11.8 Å². The number of fused-ring (bicyclic) bond motifs is 1. The number of para-hydroxylation sites is 1. The van der Waals surface area contributed by atoms with Crippen LogP contribution in [0.25, 0.3) is 11.4 Å². The molecule has 0 unspecified atom stereocenters. The van der Waals surface area contributed by atoms with Gasteiger partial charge in [0.2, 0.25) is 0 Å². The number of nitrogens with one attached hydrogen (secondary N) is 2. The first-order valence-electron chi connectivity index (χ1n) is 9.75. The highest BCUT2D eigenvalue weighted by Gasteiger charge is 2.28. The average Bonchev–Trinajstić information content (AvgIpc) is 3.12. The lowest BCUT2D eigenvalue weighted by atomic mass is 10.1. The van der Waals surface area contributed by atoms with Crippen LogP contribution in [-0.4, -0.2) is 46.9 Å². The van der Waals surface area contributed by atoms with Gasteiger partial charge in [-0.2, -0.15) is 0 Å². The summed E-state index contributed by atoms with van der Waals surface area (Å²) in [5, 5.41) is 5.63. The predicted molar refractivity (Wildman–Crippen MR) is 117 cm³/mol. The van der Waals surface area contributed by atoms with Gasteiger partial charge in [0.1, 0.15) is 11.6 Å². The molecule has 9 heteroatoms. The van der Waals surface area contributed by atoms with E-state index in [1.54, 1.807) is 36.4 Å². The number of carbonyl (C=O) groups excluding carboxylic acids is 2. The number of hydrogen-bond acceptors (Lipinski definition) is 4. The zero-order chi connectivity index (χ0) is 22.1. The third-order valence-corrected chi connectivity index (χ3v) is 5.47. The minimum Gasteiger partial charge on any atom is -0.355 e. The largest absolute Gasteiger partial charge is 0.355 e. The van der Waals surface area contributed by atoms with Crippen molar-refractivity contribution in [2.45, 2.75) is 13.1 Å². The Bertz CT molecular complexity index is 1180. The summed E-state index contributed by atoms with van der Waals surface area (Å²) in [6, 6.07) is 11.1. The van der Waals surface area contributed by atoms with Crippen LogP contribution in [-0.2, 0) is 13.1 Å². The van der Waals surface area contributed by atoms with E-state index in [1.165, 1.54) is 13.1 Å². The van der Waals surface area contributed by atoms with Crippen LogP contribution in [0.2, 0.25) is 5.02 Å². The molecule has 0 saturated heterocycles. The Balaban J connectivity index is 1.76.